The molecule has 0 fully saturated rings. The molecule has 0 bridgehead atoms. The number of hydrogen-bond acceptors (Lipinski definition) is 6. The number of carbonyl (C=O) groups is 2. The van der Waals surface area contributed by atoms with Crippen LogP contribution in [-0.2, 0) is 19.8 Å². The first-order valence-electron chi connectivity index (χ1n) is 11.5. The zero-order chi connectivity index (χ0) is 26.7. The zero-order valence-corrected chi connectivity index (χ0v) is 22.0. The summed E-state index contributed by atoms with van der Waals surface area (Å²) >= 11 is 0. The van der Waals surface area contributed by atoms with Crippen molar-refractivity contribution >= 4 is 17.7 Å². The lowest BCUT2D eigenvalue weighted by Gasteiger charge is -2.47. The van der Waals surface area contributed by atoms with Crippen molar-refractivity contribution in [2.24, 2.45) is 0 Å². The van der Waals surface area contributed by atoms with Gasteiger partial charge in [0, 0.05) is 19.7 Å². The van der Waals surface area contributed by atoms with Gasteiger partial charge in [-0.1, -0.05) is 18.7 Å². The summed E-state index contributed by atoms with van der Waals surface area (Å²) in [6.07, 6.45) is 0.685. The largest absolute Gasteiger partial charge is 0.497 e. The van der Waals surface area contributed by atoms with E-state index < -0.39 is 17.2 Å². The SMILES string of the molecule is C=C1OC=C(c2ccc(OC)cc2)N(C(=O)OC(C)(C)C)C1(CC(=O)N(C)C)c1ccc(OC)cc1. The number of nitrogens with zero attached hydrogens (tertiary/aromatic N) is 2. The van der Waals surface area contributed by atoms with Crippen LogP contribution in [0.15, 0.2) is 67.1 Å². The fourth-order valence-corrected chi connectivity index (χ4v) is 3.94. The molecule has 192 valence electrons. The average molecular weight is 495 g/mol. The van der Waals surface area contributed by atoms with E-state index in [-0.39, 0.29) is 18.1 Å². The second-order valence-electron chi connectivity index (χ2n) is 9.64. The molecule has 3 rings (SSSR count). The molecule has 2 aromatic rings. The highest BCUT2D eigenvalue weighted by Crippen LogP contribution is 2.48. The lowest BCUT2D eigenvalue weighted by molar-refractivity contribution is -0.131. The van der Waals surface area contributed by atoms with Crippen LogP contribution in [0.1, 0.15) is 38.3 Å². The maximum atomic E-state index is 13.9. The van der Waals surface area contributed by atoms with E-state index >= 15 is 0 Å². The minimum absolute atomic E-state index is 0.127. The van der Waals surface area contributed by atoms with Crippen LogP contribution in [0.25, 0.3) is 5.70 Å². The van der Waals surface area contributed by atoms with Gasteiger partial charge in [0.1, 0.15) is 34.7 Å². The van der Waals surface area contributed by atoms with Gasteiger partial charge in [-0.2, -0.15) is 0 Å². The third-order valence-corrected chi connectivity index (χ3v) is 5.83. The van der Waals surface area contributed by atoms with E-state index in [2.05, 4.69) is 6.58 Å². The minimum Gasteiger partial charge on any atom is -0.497 e. The Morgan fingerprint density at radius 1 is 0.972 bits per heavy atom. The molecule has 2 aromatic carbocycles. The Bertz CT molecular complexity index is 1150. The molecule has 2 amide bonds. The number of hydrogen-bond donors (Lipinski definition) is 0. The molecule has 0 N–H and O–H groups in total. The van der Waals surface area contributed by atoms with Gasteiger partial charge in [0.05, 0.1) is 26.3 Å². The van der Waals surface area contributed by atoms with E-state index in [1.165, 1.54) is 16.1 Å². The number of benzene rings is 2. The molecule has 8 nitrogen and oxygen atoms in total. The van der Waals surface area contributed by atoms with Crippen molar-refractivity contribution in [3.63, 3.8) is 0 Å². The number of rotatable bonds is 6. The lowest BCUT2D eigenvalue weighted by atomic mass is 9.81. The first-order chi connectivity index (χ1) is 16.9. The molecule has 1 aliphatic rings. The van der Waals surface area contributed by atoms with Crippen LogP contribution in [-0.4, -0.2) is 55.7 Å². The summed E-state index contributed by atoms with van der Waals surface area (Å²) in [5, 5.41) is 0. The van der Waals surface area contributed by atoms with Crippen molar-refractivity contribution in [1.82, 2.24) is 9.80 Å². The maximum absolute atomic E-state index is 13.9. The first kappa shape index (κ1) is 26.7. The number of amides is 2. The van der Waals surface area contributed by atoms with Gasteiger partial charge in [0.25, 0.3) is 0 Å². The zero-order valence-electron chi connectivity index (χ0n) is 22.0. The monoisotopic (exact) mass is 494 g/mol. The quantitative estimate of drug-likeness (QED) is 0.552. The molecule has 36 heavy (non-hydrogen) atoms. The van der Waals surface area contributed by atoms with Crippen LogP contribution in [0.4, 0.5) is 4.79 Å². The molecule has 1 unspecified atom stereocenters. The summed E-state index contributed by atoms with van der Waals surface area (Å²) < 4.78 is 22.5. The summed E-state index contributed by atoms with van der Waals surface area (Å²) in [4.78, 5) is 30.1. The van der Waals surface area contributed by atoms with Gasteiger partial charge in [0.15, 0.2) is 0 Å². The van der Waals surface area contributed by atoms with E-state index in [0.29, 0.717) is 28.3 Å². The highest BCUT2D eigenvalue weighted by molar-refractivity contribution is 5.87. The third kappa shape index (κ3) is 5.32. The molecule has 0 saturated heterocycles. The molecule has 0 radical (unpaired) electrons. The smallest absolute Gasteiger partial charge is 0.416 e. The summed E-state index contributed by atoms with van der Waals surface area (Å²) in [5.74, 6) is 1.28. The van der Waals surface area contributed by atoms with Crippen LogP contribution in [0.3, 0.4) is 0 Å². The van der Waals surface area contributed by atoms with Crippen molar-refractivity contribution in [3.05, 3.63) is 78.3 Å². The van der Waals surface area contributed by atoms with Gasteiger partial charge < -0.3 is 23.8 Å². The summed E-state index contributed by atoms with van der Waals surface area (Å²) in [6.45, 7) is 9.51. The van der Waals surface area contributed by atoms with E-state index in [4.69, 9.17) is 18.9 Å². The topological polar surface area (TPSA) is 77.5 Å². The van der Waals surface area contributed by atoms with Crippen LogP contribution >= 0.6 is 0 Å². The first-order valence-corrected chi connectivity index (χ1v) is 11.5. The van der Waals surface area contributed by atoms with Gasteiger partial charge in [-0.25, -0.2) is 4.79 Å². The van der Waals surface area contributed by atoms with Crippen molar-refractivity contribution < 1.29 is 28.5 Å². The standard InChI is InChI=1S/C28H34N2O6/c1-19-28(17-25(31)29(5)6,21-11-15-23(34-8)16-12-21)30(26(32)36-27(2,3)4)24(18-35-19)20-9-13-22(33-7)14-10-20/h9-16,18H,1,17H2,2-8H3. The van der Waals surface area contributed by atoms with E-state index in [1.807, 2.05) is 12.1 Å². The number of carbonyl (C=O) groups excluding carboxylic acids is 2. The summed E-state index contributed by atoms with van der Waals surface area (Å²) in [5.41, 5.74) is -0.488. The Hall–Kier alpha value is -3.94. The molecule has 1 heterocycles. The Labute approximate surface area is 212 Å². The molecule has 1 atom stereocenters. The van der Waals surface area contributed by atoms with E-state index in [0.717, 1.165) is 0 Å². The number of ether oxygens (including phenoxy) is 4. The van der Waals surface area contributed by atoms with Crippen molar-refractivity contribution in [2.75, 3.05) is 28.3 Å². The molecular weight excluding hydrogens is 460 g/mol. The fraction of sp³-hybridized carbons (Fsp3) is 0.357. The maximum Gasteiger partial charge on any atom is 0.416 e. The van der Waals surface area contributed by atoms with Gasteiger partial charge in [0.2, 0.25) is 5.91 Å². The summed E-state index contributed by atoms with van der Waals surface area (Å²) in [6, 6.07) is 14.3. The van der Waals surface area contributed by atoms with Crippen molar-refractivity contribution in [1.29, 1.82) is 0 Å². The van der Waals surface area contributed by atoms with Gasteiger partial charge in [-0.3, -0.25) is 9.69 Å². The fourth-order valence-electron chi connectivity index (χ4n) is 3.94. The third-order valence-electron chi connectivity index (χ3n) is 5.83. The van der Waals surface area contributed by atoms with Gasteiger partial charge >= 0.3 is 6.09 Å². The second-order valence-corrected chi connectivity index (χ2v) is 9.64. The predicted octanol–water partition coefficient (Wildman–Crippen LogP) is 5.16. The van der Waals surface area contributed by atoms with Crippen molar-refractivity contribution in [2.45, 2.75) is 38.3 Å². The molecular formula is C28H34N2O6. The van der Waals surface area contributed by atoms with Crippen molar-refractivity contribution in [3.8, 4) is 11.5 Å². The Morgan fingerprint density at radius 3 is 1.97 bits per heavy atom. The minimum atomic E-state index is -1.40. The van der Waals surface area contributed by atoms with Gasteiger partial charge in [-0.15, -0.1) is 0 Å². The highest BCUT2D eigenvalue weighted by atomic mass is 16.6. The number of methoxy groups -OCH3 is 2. The van der Waals surface area contributed by atoms with E-state index in [9.17, 15) is 9.59 Å². The average Bonchev–Trinajstić information content (AvgIpc) is 2.84. The van der Waals surface area contributed by atoms with Gasteiger partial charge in [-0.05, 0) is 62.7 Å². The molecule has 0 aliphatic carbocycles. The Balaban J connectivity index is 2.30. The predicted molar refractivity (Wildman–Crippen MR) is 137 cm³/mol. The summed E-state index contributed by atoms with van der Waals surface area (Å²) in [7, 11) is 6.47. The molecule has 0 aromatic heterocycles. The highest BCUT2D eigenvalue weighted by Gasteiger charge is 2.52. The molecule has 1 aliphatic heterocycles. The molecule has 0 spiro atoms. The molecule has 8 heteroatoms. The Kier molecular flexibility index (Phi) is 7.67. The second kappa shape index (κ2) is 10.4. The van der Waals surface area contributed by atoms with E-state index in [1.54, 1.807) is 85.5 Å². The van der Waals surface area contributed by atoms with Crippen LogP contribution < -0.4 is 9.47 Å². The van der Waals surface area contributed by atoms with Crippen LogP contribution in [0.2, 0.25) is 0 Å². The lowest BCUT2D eigenvalue weighted by Crippen LogP contribution is -2.54. The molecule has 0 saturated carbocycles. The Morgan fingerprint density at radius 2 is 1.50 bits per heavy atom. The van der Waals surface area contributed by atoms with Crippen LogP contribution in [0.5, 0.6) is 11.5 Å². The van der Waals surface area contributed by atoms with Crippen LogP contribution in [0, 0.1) is 0 Å². The normalized spacial score (nSPS) is 17.6.